The summed E-state index contributed by atoms with van der Waals surface area (Å²) in [6.45, 7) is 4.34. The summed E-state index contributed by atoms with van der Waals surface area (Å²) in [6.07, 6.45) is 1.58. The third kappa shape index (κ3) is 5.00. The largest absolute Gasteiger partial charge is 0.379 e. The Morgan fingerprint density at radius 1 is 1.35 bits per heavy atom. The molecule has 2 aromatic rings. The van der Waals surface area contributed by atoms with Gasteiger partial charge in [0.15, 0.2) is 5.96 Å². The minimum Gasteiger partial charge on any atom is -0.379 e. The second-order valence-electron chi connectivity index (χ2n) is 5.92. The quantitative estimate of drug-likeness (QED) is 0.596. The lowest BCUT2D eigenvalue weighted by atomic mass is 10.2. The number of morpholine rings is 1. The topological polar surface area (TPSA) is 61.8 Å². The minimum absolute atomic E-state index is 0.254. The fraction of sp³-hybridized carbons (Fsp3) is 0.444. The van der Waals surface area contributed by atoms with Crippen LogP contribution in [0.3, 0.4) is 0 Å². The first-order chi connectivity index (χ1) is 12.8. The number of aliphatic imine (C=N–C) groups is 1. The van der Waals surface area contributed by atoms with E-state index in [1.165, 1.54) is 10.9 Å². The smallest absolute Gasteiger partial charge is 0.191 e. The van der Waals surface area contributed by atoms with Gasteiger partial charge in [-0.25, -0.2) is 4.39 Å². The molecule has 1 atom stereocenters. The van der Waals surface area contributed by atoms with E-state index < -0.39 is 0 Å². The lowest BCUT2D eigenvalue weighted by Crippen LogP contribution is -2.46. The Balaban J connectivity index is 1.59. The number of thiophene rings is 1. The van der Waals surface area contributed by atoms with Gasteiger partial charge >= 0.3 is 0 Å². The highest BCUT2D eigenvalue weighted by Gasteiger charge is 2.23. The van der Waals surface area contributed by atoms with Gasteiger partial charge in [0.2, 0.25) is 0 Å². The van der Waals surface area contributed by atoms with Crippen LogP contribution in [0.25, 0.3) is 0 Å². The third-order valence-electron chi connectivity index (χ3n) is 4.30. The SMILES string of the molecule is CN=C(NCc1ncccc1F)NCC(c1cccs1)N1CCOCC1. The molecule has 0 aliphatic carbocycles. The number of pyridine rings is 1. The molecular weight excluding hydrogens is 353 g/mol. The number of guanidine groups is 1. The number of hydrogen-bond acceptors (Lipinski definition) is 5. The van der Waals surface area contributed by atoms with Gasteiger partial charge in [0, 0.05) is 37.8 Å². The monoisotopic (exact) mass is 377 g/mol. The lowest BCUT2D eigenvalue weighted by molar-refractivity contribution is 0.0177. The van der Waals surface area contributed by atoms with Crippen molar-refractivity contribution in [3.8, 4) is 0 Å². The van der Waals surface area contributed by atoms with Gasteiger partial charge in [-0.15, -0.1) is 11.3 Å². The molecule has 3 rings (SSSR count). The predicted octanol–water partition coefficient (Wildman–Crippen LogP) is 2.02. The first-order valence-corrected chi connectivity index (χ1v) is 9.55. The standard InChI is InChI=1S/C18H24FN5OS/c1-20-18(22-12-15-14(19)4-2-6-21-15)23-13-16(17-5-3-11-26-17)24-7-9-25-10-8-24/h2-6,11,16H,7-10,12-13H2,1H3,(H2,20,22,23). The molecule has 0 amide bonds. The van der Waals surface area contributed by atoms with Crippen molar-refractivity contribution < 1.29 is 9.13 Å². The number of nitrogens with one attached hydrogen (secondary N) is 2. The van der Waals surface area contributed by atoms with E-state index in [0.717, 1.165) is 26.3 Å². The van der Waals surface area contributed by atoms with Crippen molar-refractivity contribution >= 4 is 17.3 Å². The summed E-state index contributed by atoms with van der Waals surface area (Å²) >= 11 is 1.75. The number of aromatic nitrogens is 1. The van der Waals surface area contributed by atoms with E-state index in [9.17, 15) is 4.39 Å². The van der Waals surface area contributed by atoms with Crippen LogP contribution >= 0.6 is 11.3 Å². The van der Waals surface area contributed by atoms with Crippen LogP contribution in [-0.4, -0.2) is 55.7 Å². The Morgan fingerprint density at radius 3 is 2.88 bits per heavy atom. The molecule has 1 fully saturated rings. The molecule has 0 aromatic carbocycles. The highest BCUT2D eigenvalue weighted by atomic mass is 32.1. The molecule has 1 aliphatic heterocycles. The van der Waals surface area contributed by atoms with Crippen LogP contribution < -0.4 is 10.6 Å². The molecule has 2 N–H and O–H groups in total. The highest BCUT2D eigenvalue weighted by Crippen LogP contribution is 2.25. The lowest BCUT2D eigenvalue weighted by Gasteiger charge is -2.34. The van der Waals surface area contributed by atoms with Crippen LogP contribution in [0.2, 0.25) is 0 Å². The van der Waals surface area contributed by atoms with E-state index in [0.29, 0.717) is 18.2 Å². The number of hydrogen-bond donors (Lipinski definition) is 2. The van der Waals surface area contributed by atoms with Crippen LogP contribution in [0.1, 0.15) is 16.6 Å². The summed E-state index contributed by atoms with van der Waals surface area (Å²) in [5.74, 6) is 0.310. The van der Waals surface area contributed by atoms with E-state index in [1.54, 1.807) is 30.6 Å². The first kappa shape index (κ1) is 18.8. The van der Waals surface area contributed by atoms with Crippen molar-refractivity contribution in [2.45, 2.75) is 12.6 Å². The molecule has 3 heterocycles. The molecule has 8 heteroatoms. The molecule has 1 unspecified atom stereocenters. The second kappa shape index (κ2) is 9.61. The van der Waals surface area contributed by atoms with Crippen LogP contribution in [0.15, 0.2) is 40.8 Å². The molecule has 1 aliphatic rings. The van der Waals surface area contributed by atoms with Gasteiger partial charge in [-0.2, -0.15) is 0 Å². The highest BCUT2D eigenvalue weighted by molar-refractivity contribution is 7.10. The molecule has 0 spiro atoms. The van der Waals surface area contributed by atoms with Crippen LogP contribution in [0.4, 0.5) is 4.39 Å². The molecule has 0 radical (unpaired) electrons. The fourth-order valence-electron chi connectivity index (χ4n) is 2.91. The van der Waals surface area contributed by atoms with Crippen molar-refractivity contribution in [1.82, 2.24) is 20.5 Å². The number of rotatable bonds is 6. The molecular formula is C18H24FN5OS. The average Bonchev–Trinajstić information content (AvgIpc) is 3.21. The Hall–Kier alpha value is -2.03. The van der Waals surface area contributed by atoms with Crippen molar-refractivity contribution in [2.75, 3.05) is 39.9 Å². The molecule has 26 heavy (non-hydrogen) atoms. The number of halogens is 1. The van der Waals surface area contributed by atoms with Gasteiger partial charge in [0.1, 0.15) is 5.82 Å². The molecule has 1 saturated heterocycles. The fourth-order valence-corrected chi connectivity index (χ4v) is 3.77. The van der Waals surface area contributed by atoms with Gasteiger partial charge in [0.05, 0.1) is 31.5 Å². The normalized spacial score (nSPS) is 17.1. The van der Waals surface area contributed by atoms with Crippen LogP contribution in [-0.2, 0) is 11.3 Å². The zero-order chi connectivity index (χ0) is 18.2. The van der Waals surface area contributed by atoms with E-state index in [2.05, 4.69) is 43.0 Å². The zero-order valence-electron chi connectivity index (χ0n) is 14.8. The summed E-state index contributed by atoms with van der Waals surface area (Å²) in [4.78, 5) is 12.0. The first-order valence-electron chi connectivity index (χ1n) is 8.67. The molecule has 6 nitrogen and oxygen atoms in total. The van der Waals surface area contributed by atoms with Gasteiger partial charge < -0.3 is 15.4 Å². The van der Waals surface area contributed by atoms with Gasteiger partial charge in [0.25, 0.3) is 0 Å². The number of ether oxygens (including phenoxy) is 1. The Bertz CT molecular complexity index is 703. The van der Waals surface area contributed by atoms with E-state index in [4.69, 9.17) is 4.74 Å². The van der Waals surface area contributed by atoms with Crippen LogP contribution in [0, 0.1) is 5.82 Å². The Labute approximate surface area is 157 Å². The maximum Gasteiger partial charge on any atom is 0.191 e. The summed E-state index contributed by atoms with van der Waals surface area (Å²) in [5, 5.41) is 8.58. The number of nitrogens with zero attached hydrogens (tertiary/aromatic N) is 3. The van der Waals surface area contributed by atoms with E-state index in [1.807, 2.05) is 0 Å². The van der Waals surface area contributed by atoms with Crippen molar-refractivity contribution in [2.24, 2.45) is 4.99 Å². The molecule has 2 aromatic heterocycles. The van der Waals surface area contributed by atoms with Gasteiger partial charge in [-0.1, -0.05) is 6.07 Å². The predicted molar refractivity (Wildman–Crippen MR) is 102 cm³/mol. The Morgan fingerprint density at radius 2 is 2.19 bits per heavy atom. The summed E-state index contributed by atoms with van der Waals surface area (Å²) in [5.41, 5.74) is 0.374. The van der Waals surface area contributed by atoms with Gasteiger partial charge in [-0.3, -0.25) is 14.9 Å². The van der Waals surface area contributed by atoms with Crippen LogP contribution in [0.5, 0.6) is 0 Å². The second-order valence-corrected chi connectivity index (χ2v) is 6.90. The molecule has 0 saturated carbocycles. The summed E-state index contributed by atoms with van der Waals surface area (Å²) < 4.78 is 19.2. The maximum absolute atomic E-state index is 13.7. The van der Waals surface area contributed by atoms with Crippen molar-refractivity contribution in [3.05, 3.63) is 52.2 Å². The van der Waals surface area contributed by atoms with E-state index in [-0.39, 0.29) is 18.4 Å². The maximum atomic E-state index is 13.7. The zero-order valence-corrected chi connectivity index (χ0v) is 15.6. The van der Waals surface area contributed by atoms with Gasteiger partial charge in [-0.05, 0) is 23.6 Å². The molecule has 140 valence electrons. The van der Waals surface area contributed by atoms with E-state index >= 15 is 0 Å². The van der Waals surface area contributed by atoms with Crippen molar-refractivity contribution in [3.63, 3.8) is 0 Å². The summed E-state index contributed by atoms with van der Waals surface area (Å²) in [7, 11) is 1.71. The Kier molecular flexibility index (Phi) is 6.93. The average molecular weight is 377 g/mol. The third-order valence-corrected chi connectivity index (χ3v) is 5.28. The molecule has 0 bridgehead atoms. The summed E-state index contributed by atoms with van der Waals surface area (Å²) in [6, 6.07) is 7.48. The minimum atomic E-state index is -0.319. The van der Waals surface area contributed by atoms with Crippen molar-refractivity contribution in [1.29, 1.82) is 0 Å².